The third-order valence-corrected chi connectivity index (χ3v) is 4.22. The molecule has 0 spiro atoms. The minimum absolute atomic E-state index is 0. The highest BCUT2D eigenvalue weighted by molar-refractivity contribution is 14.0. The first-order valence-electron chi connectivity index (χ1n) is 8.71. The number of guanidine groups is 1. The lowest BCUT2D eigenvalue weighted by Crippen LogP contribution is -2.45. The van der Waals surface area contributed by atoms with E-state index in [1.165, 1.54) is 18.2 Å². The molecule has 0 amide bonds. The van der Waals surface area contributed by atoms with Crippen molar-refractivity contribution in [2.45, 2.75) is 33.2 Å². The van der Waals surface area contributed by atoms with Gasteiger partial charge in [-0.1, -0.05) is 19.9 Å². The Morgan fingerprint density at radius 3 is 2.58 bits per heavy atom. The van der Waals surface area contributed by atoms with Gasteiger partial charge in [0.1, 0.15) is 17.3 Å². The number of nitrogens with one attached hydrogen (secondary N) is 2. The van der Waals surface area contributed by atoms with Crippen molar-refractivity contribution in [2.75, 3.05) is 37.7 Å². The molecule has 1 heterocycles. The van der Waals surface area contributed by atoms with E-state index in [1.54, 1.807) is 4.90 Å². The summed E-state index contributed by atoms with van der Waals surface area (Å²) in [6, 6.07) is 3.98. The molecule has 2 rings (SSSR count). The van der Waals surface area contributed by atoms with Crippen LogP contribution in [-0.2, 0) is 0 Å². The fourth-order valence-corrected chi connectivity index (χ4v) is 2.73. The third kappa shape index (κ3) is 6.22. The van der Waals surface area contributed by atoms with Crippen LogP contribution >= 0.6 is 24.0 Å². The van der Waals surface area contributed by atoms with Gasteiger partial charge in [0.2, 0.25) is 0 Å². The molecule has 1 fully saturated rings. The van der Waals surface area contributed by atoms with Gasteiger partial charge in [0.25, 0.3) is 0 Å². The van der Waals surface area contributed by atoms with Crippen LogP contribution in [0, 0.1) is 17.0 Å². The minimum atomic E-state index is -0.536. The van der Waals surface area contributed by atoms with Crippen molar-refractivity contribution < 1.29 is 13.9 Å². The number of hydrogen-bond acceptors (Lipinski definition) is 3. The van der Waals surface area contributed by atoms with Crippen LogP contribution in [0.2, 0.25) is 0 Å². The van der Waals surface area contributed by atoms with E-state index in [2.05, 4.69) is 15.6 Å². The zero-order valence-electron chi connectivity index (χ0n) is 15.6. The van der Waals surface area contributed by atoms with E-state index in [1.807, 2.05) is 20.8 Å². The van der Waals surface area contributed by atoms with Crippen LogP contribution in [0.3, 0.4) is 0 Å². The first-order chi connectivity index (χ1) is 11.9. The van der Waals surface area contributed by atoms with Crippen molar-refractivity contribution >= 4 is 35.6 Å². The highest BCUT2D eigenvalue weighted by Gasteiger charge is 2.27. The van der Waals surface area contributed by atoms with Crippen LogP contribution in [0.25, 0.3) is 0 Å². The summed E-state index contributed by atoms with van der Waals surface area (Å²) in [4.78, 5) is 6.25. The Kier molecular flexibility index (Phi) is 9.02. The Bertz CT molecular complexity index is 593. The smallest absolute Gasteiger partial charge is 0.191 e. The second-order valence-electron chi connectivity index (χ2n) is 7.16. The number of hydrogen-bond donors (Lipinski definition) is 3. The molecule has 0 aliphatic carbocycles. The Labute approximate surface area is 171 Å². The monoisotopic (exact) mass is 482 g/mol. The van der Waals surface area contributed by atoms with Gasteiger partial charge in [0.15, 0.2) is 5.96 Å². The van der Waals surface area contributed by atoms with Gasteiger partial charge in [-0.25, -0.2) is 8.78 Å². The van der Waals surface area contributed by atoms with Gasteiger partial charge in [-0.2, -0.15) is 0 Å². The molecule has 1 aliphatic heterocycles. The van der Waals surface area contributed by atoms with E-state index < -0.39 is 11.6 Å². The molecule has 0 radical (unpaired) electrons. The topological polar surface area (TPSA) is 59.9 Å². The molecule has 8 heteroatoms. The lowest BCUT2D eigenvalue weighted by molar-refractivity contribution is 0.167. The maximum atomic E-state index is 13.9. The molecule has 1 unspecified atom stereocenters. The summed E-state index contributed by atoms with van der Waals surface area (Å²) in [6.07, 6.45) is 0.765. The summed E-state index contributed by atoms with van der Waals surface area (Å²) in [7, 11) is 0. The van der Waals surface area contributed by atoms with Crippen LogP contribution in [0.5, 0.6) is 0 Å². The summed E-state index contributed by atoms with van der Waals surface area (Å²) >= 11 is 0. The van der Waals surface area contributed by atoms with Crippen LogP contribution in [-0.4, -0.2) is 49.9 Å². The predicted octanol–water partition coefficient (Wildman–Crippen LogP) is 2.74. The first-order valence-corrected chi connectivity index (χ1v) is 8.71. The zero-order chi connectivity index (χ0) is 18.4. The molecule has 1 atom stereocenters. The van der Waals surface area contributed by atoms with E-state index >= 15 is 0 Å². The molecule has 1 aromatic rings. The first kappa shape index (κ1) is 22.9. The molecule has 0 saturated carbocycles. The number of rotatable bonds is 6. The lowest BCUT2D eigenvalue weighted by Gasteiger charge is -2.23. The van der Waals surface area contributed by atoms with E-state index in [9.17, 15) is 13.9 Å². The lowest BCUT2D eigenvalue weighted by atomic mass is 9.95. The van der Waals surface area contributed by atoms with Crippen molar-refractivity contribution in [3.63, 3.8) is 0 Å². The molecule has 5 nitrogen and oxygen atoms in total. The van der Waals surface area contributed by atoms with Crippen molar-refractivity contribution in [2.24, 2.45) is 10.4 Å². The molecule has 3 N–H and O–H groups in total. The zero-order valence-corrected chi connectivity index (χ0v) is 17.9. The minimum Gasteiger partial charge on any atom is -0.396 e. The Hall–Kier alpha value is -1.16. The Morgan fingerprint density at radius 1 is 1.35 bits per heavy atom. The number of aliphatic imine (C=N–C) groups is 1. The number of benzene rings is 1. The van der Waals surface area contributed by atoms with Crippen LogP contribution in [0.4, 0.5) is 14.5 Å². The SMILES string of the molecule is CCNC(=NCC(C)(C)CO)NC1CCN(c2c(F)cccc2F)C1.I. The number of halogens is 3. The molecular weight excluding hydrogens is 453 g/mol. The molecule has 0 bridgehead atoms. The fourth-order valence-electron chi connectivity index (χ4n) is 2.73. The summed E-state index contributed by atoms with van der Waals surface area (Å²) < 4.78 is 27.9. The quantitative estimate of drug-likeness (QED) is 0.332. The second kappa shape index (κ2) is 10.2. The fraction of sp³-hybridized carbons (Fsp3) is 0.611. The van der Waals surface area contributed by atoms with Gasteiger partial charge in [-0.3, -0.25) is 4.99 Å². The molecule has 1 aromatic carbocycles. The number of anilines is 1. The molecule has 148 valence electrons. The highest BCUT2D eigenvalue weighted by Crippen LogP contribution is 2.26. The maximum absolute atomic E-state index is 13.9. The van der Waals surface area contributed by atoms with Crippen molar-refractivity contribution in [3.8, 4) is 0 Å². The summed E-state index contributed by atoms with van der Waals surface area (Å²) in [5.74, 6) is -0.415. The Balaban J connectivity index is 0.00000338. The highest BCUT2D eigenvalue weighted by atomic mass is 127. The average Bonchev–Trinajstić information content (AvgIpc) is 3.01. The maximum Gasteiger partial charge on any atom is 0.191 e. The molecule has 1 aliphatic rings. The number of aliphatic hydroxyl groups is 1. The van der Waals surface area contributed by atoms with Crippen LogP contribution in [0.15, 0.2) is 23.2 Å². The van der Waals surface area contributed by atoms with Crippen molar-refractivity contribution in [1.82, 2.24) is 10.6 Å². The number of nitrogens with zero attached hydrogens (tertiary/aromatic N) is 2. The molecular formula is C18H29F2IN4O. The standard InChI is InChI=1S/C18H28F2N4O.HI/c1-4-21-17(22-11-18(2,3)12-25)23-13-8-9-24(10-13)16-14(19)6-5-7-15(16)20;/h5-7,13,25H,4,8-12H2,1-3H3,(H2,21,22,23);1H. The van der Waals surface area contributed by atoms with Crippen molar-refractivity contribution in [3.05, 3.63) is 29.8 Å². The molecule has 1 saturated heterocycles. The van der Waals surface area contributed by atoms with Crippen molar-refractivity contribution in [1.29, 1.82) is 0 Å². The second-order valence-corrected chi connectivity index (χ2v) is 7.16. The molecule has 26 heavy (non-hydrogen) atoms. The summed E-state index contributed by atoms with van der Waals surface area (Å²) in [6.45, 7) is 8.20. The molecule has 0 aromatic heterocycles. The van der Waals surface area contributed by atoms with Gasteiger partial charge in [0, 0.05) is 37.7 Å². The van der Waals surface area contributed by atoms with Gasteiger partial charge >= 0.3 is 0 Å². The normalized spacial score (nSPS) is 17.8. The predicted molar refractivity (Wildman–Crippen MR) is 112 cm³/mol. The van der Waals surface area contributed by atoms with Crippen LogP contribution in [0.1, 0.15) is 27.2 Å². The Morgan fingerprint density at radius 2 is 2.00 bits per heavy atom. The van der Waals surface area contributed by atoms with E-state index in [0.717, 1.165) is 6.42 Å². The van der Waals surface area contributed by atoms with E-state index in [0.29, 0.717) is 32.1 Å². The number of para-hydroxylation sites is 1. The van der Waals surface area contributed by atoms with E-state index in [-0.39, 0.29) is 47.7 Å². The summed E-state index contributed by atoms with van der Waals surface area (Å²) in [5.41, 5.74) is -0.254. The van der Waals surface area contributed by atoms with Crippen LogP contribution < -0.4 is 15.5 Å². The van der Waals surface area contributed by atoms with Gasteiger partial charge < -0.3 is 20.6 Å². The summed E-state index contributed by atoms with van der Waals surface area (Å²) in [5, 5.41) is 15.8. The largest absolute Gasteiger partial charge is 0.396 e. The third-order valence-electron chi connectivity index (χ3n) is 4.22. The number of aliphatic hydroxyl groups excluding tert-OH is 1. The van der Waals surface area contributed by atoms with Gasteiger partial charge in [-0.05, 0) is 25.5 Å². The average molecular weight is 482 g/mol. The van der Waals surface area contributed by atoms with Gasteiger partial charge in [0.05, 0.1) is 6.54 Å². The van der Waals surface area contributed by atoms with Gasteiger partial charge in [-0.15, -0.1) is 24.0 Å². The van der Waals surface area contributed by atoms with E-state index in [4.69, 9.17) is 0 Å².